The van der Waals surface area contributed by atoms with E-state index in [9.17, 15) is 0 Å². The van der Waals surface area contributed by atoms with E-state index in [1.54, 1.807) is 0 Å². The van der Waals surface area contributed by atoms with Crippen LogP contribution in [0.4, 0.5) is 0 Å². The van der Waals surface area contributed by atoms with Crippen LogP contribution >= 0.6 is 0 Å². The van der Waals surface area contributed by atoms with Crippen molar-refractivity contribution in [1.29, 1.82) is 0 Å². The third-order valence-electron chi connectivity index (χ3n) is 2.76. The molecule has 0 amide bonds. The van der Waals surface area contributed by atoms with Crippen LogP contribution in [0.2, 0.25) is 0 Å². The lowest BCUT2D eigenvalue weighted by Gasteiger charge is -1.95. The Kier molecular flexibility index (Phi) is 8.53. The maximum absolute atomic E-state index is 2.35. The first-order valence-electron chi connectivity index (χ1n) is 6.63. The second-order valence-electron chi connectivity index (χ2n) is 4.28. The SMILES string of the molecule is C1=C\CCCC/C=C\CCCC/C=C/C=C/1. The number of hydrogen-bond donors (Lipinski definition) is 0. The predicted molar refractivity (Wildman–Crippen MR) is 73.5 cm³/mol. The monoisotopic (exact) mass is 216 g/mol. The van der Waals surface area contributed by atoms with Crippen LogP contribution in [0.25, 0.3) is 0 Å². The van der Waals surface area contributed by atoms with Crippen LogP contribution < -0.4 is 0 Å². The van der Waals surface area contributed by atoms with Crippen LogP contribution in [0.1, 0.15) is 51.4 Å². The van der Waals surface area contributed by atoms with Gasteiger partial charge in [0.1, 0.15) is 0 Å². The molecule has 88 valence electrons. The van der Waals surface area contributed by atoms with E-state index >= 15 is 0 Å². The van der Waals surface area contributed by atoms with E-state index in [0.717, 1.165) is 0 Å². The zero-order chi connectivity index (χ0) is 11.3. The van der Waals surface area contributed by atoms with E-state index in [1.165, 1.54) is 51.4 Å². The predicted octanol–water partition coefficient (Wildman–Crippen LogP) is 5.35. The van der Waals surface area contributed by atoms with Crippen molar-refractivity contribution in [3.05, 3.63) is 48.6 Å². The summed E-state index contributed by atoms with van der Waals surface area (Å²) in [6.45, 7) is 0. The first-order chi connectivity index (χ1) is 8.00. The average Bonchev–Trinajstić information content (AvgIpc) is 2.29. The Morgan fingerprint density at radius 1 is 0.375 bits per heavy atom. The summed E-state index contributed by atoms with van der Waals surface area (Å²) < 4.78 is 0. The lowest BCUT2D eigenvalue weighted by Crippen LogP contribution is -1.75. The molecule has 0 aromatic carbocycles. The average molecular weight is 216 g/mol. The van der Waals surface area contributed by atoms with Gasteiger partial charge in [-0.25, -0.2) is 0 Å². The molecule has 0 atom stereocenters. The van der Waals surface area contributed by atoms with Crippen LogP contribution in [0.5, 0.6) is 0 Å². The van der Waals surface area contributed by atoms with Crippen LogP contribution in [-0.2, 0) is 0 Å². The van der Waals surface area contributed by atoms with Gasteiger partial charge < -0.3 is 0 Å². The standard InChI is InChI=1S/C16H24/c1-2-4-6-8-10-12-14-16-15-13-11-9-7-5-3-1/h1-6,15-16H,7-14H2/b2-1+,5-3-,6-4+,16-15-. The zero-order valence-electron chi connectivity index (χ0n) is 10.3. The molecule has 0 bridgehead atoms. The van der Waals surface area contributed by atoms with Gasteiger partial charge in [-0.1, -0.05) is 48.6 Å². The summed E-state index contributed by atoms with van der Waals surface area (Å²) in [7, 11) is 0. The van der Waals surface area contributed by atoms with E-state index < -0.39 is 0 Å². The van der Waals surface area contributed by atoms with E-state index in [2.05, 4.69) is 48.6 Å². The smallest absolute Gasteiger partial charge is 0.0347 e. The van der Waals surface area contributed by atoms with Crippen molar-refractivity contribution in [2.75, 3.05) is 0 Å². The quantitative estimate of drug-likeness (QED) is 0.479. The Morgan fingerprint density at radius 3 is 1.19 bits per heavy atom. The molecule has 0 nitrogen and oxygen atoms in total. The minimum atomic E-state index is 1.21. The molecular weight excluding hydrogens is 192 g/mol. The van der Waals surface area contributed by atoms with Crippen LogP contribution in [0.15, 0.2) is 48.6 Å². The van der Waals surface area contributed by atoms with Crippen LogP contribution in [0, 0.1) is 0 Å². The fourth-order valence-electron chi connectivity index (χ4n) is 1.76. The highest BCUT2D eigenvalue weighted by Crippen LogP contribution is 2.05. The van der Waals surface area contributed by atoms with E-state index in [0.29, 0.717) is 0 Å². The molecule has 1 aliphatic rings. The first-order valence-corrected chi connectivity index (χ1v) is 6.63. The zero-order valence-corrected chi connectivity index (χ0v) is 10.3. The summed E-state index contributed by atoms with van der Waals surface area (Å²) in [6, 6.07) is 0. The lowest BCUT2D eigenvalue weighted by atomic mass is 10.1. The van der Waals surface area contributed by atoms with Crippen molar-refractivity contribution in [2.24, 2.45) is 0 Å². The van der Waals surface area contributed by atoms with Gasteiger partial charge in [-0.15, -0.1) is 0 Å². The van der Waals surface area contributed by atoms with Gasteiger partial charge in [0.05, 0.1) is 0 Å². The maximum Gasteiger partial charge on any atom is -0.0347 e. The fraction of sp³-hybridized carbons (Fsp3) is 0.500. The Labute approximate surface area is 100 Å². The molecule has 0 heteroatoms. The minimum absolute atomic E-state index is 1.21. The Balaban J connectivity index is 2.30. The number of allylic oxidation sites excluding steroid dienone is 8. The maximum atomic E-state index is 2.35. The van der Waals surface area contributed by atoms with Crippen molar-refractivity contribution >= 4 is 0 Å². The summed E-state index contributed by atoms with van der Waals surface area (Å²) in [5, 5.41) is 0. The van der Waals surface area contributed by atoms with Crippen molar-refractivity contribution in [3.63, 3.8) is 0 Å². The largest absolute Gasteiger partial charge is 0.0885 e. The molecule has 0 aromatic rings. The molecule has 0 saturated heterocycles. The summed E-state index contributed by atoms with van der Waals surface area (Å²) in [5.41, 5.74) is 0. The van der Waals surface area contributed by atoms with Crippen molar-refractivity contribution in [2.45, 2.75) is 51.4 Å². The van der Waals surface area contributed by atoms with Crippen molar-refractivity contribution in [1.82, 2.24) is 0 Å². The summed E-state index contributed by atoms with van der Waals surface area (Å²) in [4.78, 5) is 0. The molecule has 0 aromatic heterocycles. The normalized spacial score (nSPS) is 28.0. The van der Waals surface area contributed by atoms with Gasteiger partial charge in [0.15, 0.2) is 0 Å². The summed E-state index contributed by atoms with van der Waals surface area (Å²) >= 11 is 0. The summed E-state index contributed by atoms with van der Waals surface area (Å²) in [6.07, 6.45) is 28.0. The topological polar surface area (TPSA) is 0 Å². The van der Waals surface area contributed by atoms with E-state index in [-0.39, 0.29) is 0 Å². The third kappa shape index (κ3) is 8.28. The lowest BCUT2D eigenvalue weighted by molar-refractivity contribution is 0.745. The molecule has 16 heavy (non-hydrogen) atoms. The van der Waals surface area contributed by atoms with Gasteiger partial charge in [0.25, 0.3) is 0 Å². The fourth-order valence-corrected chi connectivity index (χ4v) is 1.76. The molecular formula is C16H24. The molecule has 1 rings (SSSR count). The van der Waals surface area contributed by atoms with E-state index in [1.807, 2.05) is 0 Å². The van der Waals surface area contributed by atoms with Gasteiger partial charge in [-0.05, 0) is 51.4 Å². The van der Waals surface area contributed by atoms with Crippen LogP contribution in [0.3, 0.4) is 0 Å². The van der Waals surface area contributed by atoms with Gasteiger partial charge in [0.2, 0.25) is 0 Å². The van der Waals surface area contributed by atoms with Crippen molar-refractivity contribution < 1.29 is 0 Å². The van der Waals surface area contributed by atoms with Gasteiger partial charge in [-0.3, -0.25) is 0 Å². The second-order valence-corrected chi connectivity index (χ2v) is 4.28. The Morgan fingerprint density at radius 2 is 0.750 bits per heavy atom. The summed E-state index contributed by atoms with van der Waals surface area (Å²) in [5.74, 6) is 0. The van der Waals surface area contributed by atoms with Gasteiger partial charge in [0, 0.05) is 0 Å². The first kappa shape index (κ1) is 13.0. The third-order valence-corrected chi connectivity index (χ3v) is 2.76. The highest BCUT2D eigenvalue weighted by molar-refractivity contribution is 5.10. The number of rotatable bonds is 0. The Hall–Kier alpha value is -1.04. The van der Waals surface area contributed by atoms with Crippen molar-refractivity contribution in [3.8, 4) is 0 Å². The molecule has 0 spiro atoms. The molecule has 0 saturated carbocycles. The minimum Gasteiger partial charge on any atom is -0.0885 e. The second kappa shape index (κ2) is 10.5. The molecule has 0 aliphatic heterocycles. The molecule has 0 unspecified atom stereocenters. The molecule has 0 N–H and O–H groups in total. The van der Waals surface area contributed by atoms with E-state index in [4.69, 9.17) is 0 Å². The van der Waals surface area contributed by atoms with Gasteiger partial charge >= 0.3 is 0 Å². The molecule has 0 fully saturated rings. The molecule has 0 radical (unpaired) electrons. The Bertz CT molecular complexity index is 227. The highest BCUT2D eigenvalue weighted by Gasteiger charge is 1.85. The number of hydrogen-bond acceptors (Lipinski definition) is 0. The van der Waals surface area contributed by atoms with Crippen LogP contribution in [-0.4, -0.2) is 0 Å². The van der Waals surface area contributed by atoms with Gasteiger partial charge in [-0.2, -0.15) is 0 Å². The molecule has 1 aliphatic carbocycles. The highest BCUT2D eigenvalue weighted by atomic mass is 13.9. The molecule has 0 heterocycles.